The standard InChI is InChI=1S/C7H10N2/c1-6-3-4-8-7(2)9-5-6/h4-5H,3H2,1-2H3. The molecule has 0 saturated carbocycles. The highest BCUT2D eigenvalue weighted by Crippen LogP contribution is 2.01. The van der Waals surface area contributed by atoms with Crippen LogP contribution in [-0.2, 0) is 0 Å². The van der Waals surface area contributed by atoms with Crippen molar-refractivity contribution in [3.05, 3.63) is 11.8 Å². The molecular weight excluding hydrogens is 112 g/mol. The van der Waals surface area contributed by atoms with Crippen molar-refractivity contribution in [2.24, 2.45) is 9.98 Å². The molecule has 1 rings (SSSR count). The summed E-state index contributed by atoms with van der Waals surface area (Å²) in [6.45, 7) is 3.94. The Morgan fingerprint density at radius 3 is 3.00 bits per heavy atom. The van der Waals surface area contributed by atoms with E-state index in [9.17, 15) is 0 Å². The third kappa shape index (κ3) is 1.80. The number of nitrogens with zero attached hydrogens (tertiary/aromatic N) is 2. The normalized spacial score (nSPS) is 18.4. The van der Waals surface area contributed by atoms with Crippen LogP contribution in [0.1, 0.15) is 20.3 Å². The number of rotatable bonds is 0. The van der Waals surface area contributed by atoms with E-state index >= 15 is 0 Å². The van der Waals surface area contributed by atoms with E-state index in [0.29, 0.717) is 0 Å². The fraction of sp³-hybridized carbons (Fsp3) is 0.429. The Hall–Kier alpha value is -0.920. The predicted octanol–water partition coefficient (Wildman–Crippen LogP) is 1.78. The topological polar surface area (TPSA) is 24.7 Å². The fourth-order valence-corrected chi connectivity index (χ4v) is 0.611. The second kappa shape index (κ2) is 2.58. The van der Waals surface area contributed by atoms with E-state index in [0.717, 1.165) is 12.3 Å². The molecule has 0 fully saturated rings. The van der Waals surface area contributed by atoms with E-state index in [1.807, 2.05) is 26.3 Å². The molecule has 0 bridgehead atoms. The molecule has 0 atom stereocenters. The van der Waals surface area contributed by atoms with E-state index < -0.39 is 0 Å². The minimum atomic E-state index is 0.840. The summed E-state index contributed by atoms with van der Waals surface area (Å²) >= 11 is 0. The minimum Gasteiger partial charge on any atom is -0.246 e. The fourth-order valence-electron chi connectivity index (χ4n) is 0.611. The van der Waals surface area contributed by atoms with E-state index in [2.05, 4.69) is 9.98 Å². The molecule has 0 amide bonds. The minimum absolute atomic E-state index is 0.840. The van der Waals surface area contributed by atoms with Gasteiger partial charge in [-0.1, -0.05) is 0 Å². The Bertz CT molecular complexity index is 187. The van der Waals surface area contributed by atoms with Gasteiger partial charge in [0.1, 0.15) is 5.84 Å². The lowest BCUT2D eigenvalue weighted by Gasteiger charge is -1.84. The molecule has 0 radical (unpaired) electrons. The largest absolute Gasteiger partial charge is 0.246 e. The van der Waals surface area contributed by atoms with Crippen molar-refractivity contribution in [3.8, 4) is 0 Å². The SMILES string of the molecule is CC1=CN=C(C)N=CC1. The average molecular weight is 122 g/mol. The maximum atomic E-state index is 4.06. The van der Waals surface area contributed by atoms with Gasteiger partial charge in [0.25, 0.3) is 0 Å². The van der Waals surface area contributed by atoms with Gasteiger partial charge in [0, 0.05) is 18.8 Å². The van der Waals surface area contributed by atoms with Crippen LogP contribution in [0.5, 0.6) is 0 Å². The molecule has 0 aromatic heterocycles. The van der Waals surface area contributed by atoms with Crippen LogP contribution in [0.25, 0.3) is 0 Å². The van der Waals surface area contributed by atoms with Gasteiger partial charge in [-0.3, -0.25) is 0 Å². The summed E-state index contributed by atoms with van der Waals surface area (Å²) in [4.78, 5) is 8.11. The smallest absolute Gasteiger partial charge is 0.124 e. The van der Waals surface area contributed by atoms with Crippen molar-refractivity contribution in [3.63, 3.8) is 0 Å². The molecule has 0 aliphatic carbocycles. The molecule has 9 heavy (non-hydrogen) atoms. The van der Waals surface area contributed by atoms with Crippen molar-refractivity contribution in [2.45, 2.75) is 20.3 Å². The molecular formula is C7H10N2. The van der Waals surface area contributed by atoms with Crippen LogP contribution in [0, 0.1) is 0 Å². The molecule has 1 heterocycles. The molecule has 0 aromatic rings. The Morgan fingerprint density at radius 2 is 2.22 bits per heavy atom. The van der Waals surface area contributed by atoms with Crippen LogP contribution >= 0.6 is 0 Å². The zero-order chi connectivity index (χ0) is 6.69. The number of hydrogen-bond acceptors (Lipinski definition) is 2. The molecule has 2 nitrogen and oxygen atoms in total. The Kier molecular flexibility index (Phi) is 1.78. The van der Waals surface area contributed by atoms with Gasteiger partial charge < -0.3 is 0 Å². The van der Waals surface area contributed by atoms with Gasteiger partial charge in [0.2, 0.25) is 0 Å². The van der Waals surface area contributed by atoms with Crippen LogP contribution in [-0.4, -0.2) is 12.1 Å². The molecule has 0 unspecified atom stereocenters. The highest BCUT2D eigenvalue weighted by atomic mass is 14.9. The molecule has 0 spiro atoms. The molecule has 2 heteroatoms. The second-order valence-electron chi connectivity index (χ2n) is 2.17. The highest BCUT2D eigenvalue weighted by Gasteiger charge is 1.90. The summed E-state index contributed by atoms with van der Waals surface area (Å²) in [5.41, 5.74) is 1.26. The van der Waals surface area contributed by atoms with Crippen LogP contribution in [0.2, 0.25) is 0 Å². The van der Waals surface area contributed by atoms with Crippen molar-refractivity contribution in [2.75, 3.05) is 0 Å². The Balaban J connectivity index is 2.80. The van der Waals surface area contributed by atoms with Gasteiger partial charge in [-0.2, -0.15) is 0 Å². The Labute approximate surface area is 55.0 Å². The van der Waals surface area contributed by atoms with Gasteiger partial charge in [-0.15, -0.1) is 0 Å². The lowest BCUT2D eigenvalue weighted by Crippen LogP contribution is -1.81. The van der Waals surface area contributed by atoms with Gasteiger partial charge in [0.15, 0.2) is 0 Å². The van der Waals surface area contributed by atoms with Gasteiger partial charge >= 0.3 is 0 Å². The zero-order valence-electron chi connectivity index (χ0n) is 5.76. The summed E-state index contributed by atoms with van der Waals surface area (Å²) in [6.07, 6.45) is 4.68. The van der Waals surface area contributed by atoms with Crippen molar-refractivity contribution >= 4 is 12.1 Å². The first-order valence-electron chi connectivity index (χ1n) is 3.01. The van der Waals surface area contributed by atoms with Gasteiger partial charge in [0.05, 0.1) is 0 Å². The number of aliphatic imine (C=N–C) groups is 2. The van der Waals surface area contributed by atoms with Crippen LogP contribution in [0.4, 0.5) is 0 Å². The molecule has 0 N–H and O–H groups in total. The van der Waals surface area contributed by atoms with Crippen LogP contribution < -0.4 is 0 Å². The summed E-state index contributed by atoms with van der Waals surface area (Å²) in [7, 11) is 0. The van der Waals surface area contributed by atoms with Crippen molar-refractivity contribution in [1.29, 1.82) is 0 Å². The van der Waals surface area contributed by atoms with E-state index in [-0.39, 0.29) is 0 Å². The average Bonchev–Trinajstić information content (AvgIpc) is 1.97. The summed E-state index contributed by atoms with van der Waals surface area (Å²) in [5.74, 6) is 0.840. The van der Waals surface area contributed by atoms with E-state index in [4.69, 9.17) is 0 Å². The first-order valence-corrected chi connectivity index (χ1v) is 3.01. The summed E-state index contributed by atoms with van der Waals surface area (Å²) < 4.78 is 0. The van der Waals surface area contributed by atoms with E-state index in [1.165, 1.54) is 5.57 Å². The van der Waals surface area contributed by atoms with Crippen molar-refractivity contribution < 1.29 is 0 Å². The maximum Gasteiger partial charge on any atom is 0.124 e. The molecule has 48 valence electrons. The number of hydrogen-bond donors (Lipinski definition) is 0. The third-order valence-electron chi connectivity index (χ3n) is 1.16. The number of amidine groups is 1. The molecule has 1 aliphatic rings. The Morgan fingerprint density at radius 1 is 1.44 bits per heavy atom. The summed E-state index contributed by atoms with van der Waals surface area (Å²) in [5, 5.41) is 0. The van der Waals surface area contributed by atoms with Gasteiger partial charge in [-0.25, -0.2) is 9.98 Å². The zero-order valence-corrected chi connectivity index (χ0v) is 5.76. The molecule has 1 aliphatic heterocycles. The van der Waals surface area contributed by atoms with Gasteiger partial charge in [-0.05, 0) is 19.4 Å². The van der Waals surface area contributed by atoms with Crippen molar-refractivity contribution in [1.82, 2.24) is 0 Å². The predicted molar refractivity (Wildman–Crippen MR) is 40.0 cm³/mol. The monoisotopic (exact) mass is 122 g/mol. The number of allylic oxidation sites excluding steroid dienone is 1. The summed E-state index contributed by atoms with van der Waals surface area (Å²) in [6, 6.07) is 0. The second-order valence-corrected chi connectivity index (χ2v) is 2.17. The lowest BCUT2D eigenvalue weighted by molar-refractivity contribution is 1.27. The van der Waals surface area contributed by atoms with Crippen LogP contribution in [0.3, 0.4) is 0 Å². The quantitative estimate of drug-likeness (QED) is 0.468. The molecule has 0 saturated heterocycles. The maximum absolute atomic E-state index is 4.06. The molecule has 0 aromatic carbocycles. The first-order chi connectivity index (χ1) is 4.29. The van der Waals surface area contributed by atoms with E-state index in [1.54, 1.807) is 0 Å². The first kappa shape index (κ1) is 6.20. The lowest BCUT2D eigenvalue weighted by atomic mass is 10.2. The highest BCUT2D eigenvalue weighted by molar-refractivity contribution is 5.89. The third-order valence-corrected chi connectivity index (χ3v) is 1.16. The van der Waals surface area contributed by atoms with Crippen LogP contribution in [0.15, 0.2) is 21.8 Å².